The van der Waals surface area contributed by atoms with E-state index in [9.17, 15) is 32.2 Å². The van der Waals surface area contributed by atoms with Crippen LogP contribution < -0.4 is 44.9 Å². The van der Waals surface area contributed by atoms with Crippen LogP contribution in [-0.2, 0) is 20.0 Å². The normalized spacial score (nSPS) is 17.9. The van der Waals surface area contributed by atoms with Crippen LogP contribution in [0.1, 0.15) is 5.56 Å². The first-order valence-electron chi connectivity index (χ1n) is 9.42. The van der Waals surface area contributed by atoms with Crippen molar-refractivity contribution in [1.29, 1.82) is 0 Å². The van der Waals surface area contributed by atoms with Crippen LogP contribution in [0.4, 0.5) is 23.7 Å². The predicted molar refractivity (Wildman–Crippen MR) is 108 cm³/mol. The Morgan fingerprint density at radius 2 is 1.91 bits per heavy atom. The molecule has 0 radical (unpaired) electrons. The summed E-state index contributed by atoms with van der Waals surface area (Å²) in [5, 5.41) is 0.460. The molecule has 3 aromatic rings. The number of anilines is 1. The molecule has 4 rings (SSSR count). The number of aromatic nitrogens is 1. The predicted octanol–water partition coefficient (Wildman–Crippen LogP) is 0.0204. The third-order valence-corrected chi connectivity index (χ3v) is 5.44. The van der Waals surface area contributed by atoms with E-state index in [1.54, 1.807) is 0 Å². The third-order valence-electron chi connectivity index (χ3n) is 4.96. The van der Waals surface area contributed by atoms with E-state index >= 15 is 0 Å². The van der Waals surface area contributed by atoms with Crippen molar-refractivity contribution in [3.8, 4) is 11.3 Å². The number of nitrogens with one attached hydrogen (secondary N) is 1. The van der Waals surface area contributed by atoms with E-state index in [1.165, 1.54) is 42.5 Å². The summed E-state index contributed by atoms with van der Waals surface area (Å²) in [6.07, 6.45) is -6.42. The van der Waals surface area contributed by atoms with E-state index in [2.05, 4.69) is 9.51 Å². The molecule has 9 nitrogen and oxygen atoms in total. The molecule has 1 saturated heterocycles. The van der Waals surface area contributed by atoms with E-state index in [1.807, 2.05) is 0 Å². The van der Waals surface area contributed by atoms with E-state index in [-0.39, 0.29) is 58.4 Å². The van der Waals surface area contributed by atoms with E-state index < -0.39 is 43.9 Å². The fraction of sp³-hybridized carbons (Fsp3) is 0.200. The van der Waals surface area contributed by atoms with Gasteiger partial charge in [0.2, 0.25) is 0 Å². The number of carbonyl (C=O) groups excluding carboxylic acids is 1. The number of phosphoric ester groups is 1. The minimum atomic E-state index is -4.99. The van der Waals surface area contributed by atoms with Crippen LogP contribution in [-0.4, -0.2) is 35.2 Å². The van der Waals surface area contributed by atoms with Gasteiger partial charge in [0.25, 0.3) is 13.4 Å². The maximum atomic E-state index is 13.4. The molecule has 0 bridgehead atoms. The Morgan fingerprint density at radius 1 is 1.21 bits per heavy atom. The Labute approximate surface area is 212 Å². The summed E-state index contributed by atoms with van der Waals surface area (Å²) in [5.74, 6) is 0. The van der Waals surface area contributed by atoms with Crippen LogP contribution in [0.2, 0.25) is 0 Å². The molecule has 0 spiro atoms. The summed E-state index contributed by atoms with van der Waals surface area (Å²) in [5.41, 5.74) is -1.51. The topological polar surface area (TPSA) is 132 Å². The quantitative estimate of drug-likeness (QED) is 0.369. The van der Waals surface area contributed by atoms with Crippen LogP contribution >= 0.6 is 7.82 Å². The number of H-pyrrole nitrogens is 1. The molecule has 1 amide bonds. The number of amides is 1. The number of aromatic amines is 1. The monoisotopic (exact) mass is 506 g/mol. The van der Waals surface area contributed by atoms with Crippen LogP contribution in [0.3, 0.4) is 0 Å². The number of fused-ring (bicyclic) bond motifs is 1. The Bertz CT molecular complexity index is 1340. The van der Waals surface area contributed by atoms with Crippen molar-refractivity contribution in [3.05, 3.63) is 64.4 Å². The van der Waals surface area contributed by atoms with Crippen molar-refractivity contribution >= 4 is 30.4 Å². The van der Waals surface area contributed by atoms with E-state index in [0.717, 1.165) is 11.0 Å². The first-order valence-corrected chi connectivity index (χ1v) is 10.9. The number of carbonyl (C=O) groups is 1. The summed E-state index contributed by atoms with van der Waals surface area (Å²) in [7, 11) is -4.99. The number of halogens is 3. The molecule has 1 aliphatic rings. The molecular formula is C20H15F3N2NaO7P. The van der Waals surface area contributed by atoms with Gasteiger partial charge in [-0.3, -0.25) is 14.3 Å². The summed E-state index contributed by atoms with van der Waals surface area (Å²) >= 11 is 0. The number of cyclic esters (lactones) is 1. The van der Waals surface area contributed by atoms with Gasteiger partial charge in [0.1, 0.15) is 6.10 Å². The average molecular weight is 506 g/mol. The Hall–Kier alpha value is -2.18. The Kier molecular flexibility index (Phi) is 7.63. The smallest absolute Gasteiger partial charge is 0.756 e. The van der Waals surface area contributed by atoms with Crippen molar-refractivity contribution in [2.75, 3.05) is 18.1 Å². The zero-order valence-corrected chi connectivity index (χ0v) is 20.4. The van der Waals surface area contributed by atoms with Gasteiger partial charge in [0.15, 0.2) is 0 Å². The number of pyridine rings is 1. The van der Waals surface area contributed by atoms with Gasteiger partial charge in [-0.2, -0.15) is 13.2 Å². The molecule has 1 unspecified atom stereocenters. The molecule has 1 aliphatic heterocycles. The minimum Gasteiger partial charge on any atom is -0.756 e. The molecule has 2 aromatic carbocycles. The molecule has 174 valence electrons. The van der Waals surface area contributed by atoms with Crippen molar-refractivity contribution in [1.82, 2.24) is 4.98 Å². The van der Waals surface area contributed by atoms with Crippen LogP contribution in [0, 0.1) is 0 Å². The second-order valence-corrected chi connectivity index (χ2v) is 8.40. The van der Waals surface area contributed by atoms with Crippen LogP contribution in [0.25, 0.3) is 22.0 Å². The molecule has 34 heavy (non-hydrogen) atoms. The number of phosphoric acid groups is 1. The summed E-state index contributed by atoms with van der Waals surface area (Å²) in [6.45, 7) is -0.699. The number of hydrogen-bond acceptors (Lipinski definition) is 6. The molecule has 2 N–H and O–H groups in total. The number of alkyl halides is 3. The van der Waals surface area contributed by atoms with Crippen molar-refractivity contribution in [3.63, 3.8) is 0 Å². The fourth-order valence-electron chi connectivity index (χ4n) is 3.52. The Balaban J connectivity index is 0.00000324. The maximum absolute atomic E-state index is 13.4. The first-order chi connectivity index (χ1) is 15.4. The second-order valence-electron chi connectivity index (χ2n) is 7.21. The average Bonchev–Trinajstić information content (AvgIpc) is 3.11. The zero-order chi connectivity index (χ0) is 24.0. The summed E-state index contributed by atoms with van der Waals surface area (Å²) < 4.78 is 60.0. The van der Waals surface area contributed by atoms with Crippen molar-refractivity contribution < 1.29 is 71.1 Å². The standard InChI is InChI=1S/C20H16F3N2O7P.Na/c21-20(22,23)16-4-2-1-3-14(16)17-7-11-5-6-12(8-15(11)18(26)24-17)25-9-13(32-19(25)27)10-31-33(28,29)30;/h1-8,13H,9-10H2,(H,24,26)(H2,28,29,30);/q;+1/p-1/t13-;/m0./s1. The SMILES string of the molecule is O=C1O[C@H](COP(=O)([O-])O)CN1c1ccc2cc(-c3ccccc3C(F)(F)F)[nH]c(=O)c2c1.[Na+]. The molecule has 0 saturated carbocycles. The first kappa shape index (κ1) is 26.4. The summed E-state index contributed by atoms with van der Waals surface area (Å²) in [4.78, 5) is 47.8. The van der Waals surface area contributed by atoms with Gasteiger partial charge < -0.3 is 24.0 Å². The van der Waals surface area contributed by atoms with Crippen LogP contribution in [0.5, 0.6) is 0 Å². The molecular weight excluding hydrogens is 491 g/mol. The van der Waals surface area contributed by atoms with Gasteiger partial charge in [-0.15, -0.1) is 0 Å². The van der Waals surface area contributed by atoms with Gasteiger partial charge in [-0.1, -0.05) is 24.3 Å². The van der Waals surface area contributed by atoms with Crippen molar-refractivity contribution in [2.24, 2.45) is 0 Å². The second kappa shape index (κ2) is 9.82. The molecule has 14 heteroatoms. The number of rotatable bonds is 5. The van der Waals surface area contributed by atoms with Crippen molar-refractivity contribution in [2.45, 2.75) is 12.3 Å². The maximum Gasteiger partial charge on any atom is 1.00 e. The van der Waals surface area contributed by atoms with Gasteiger partial charge in [0.05, 0.1) is 18.7 Å². The number of hydrogen-bond donors (Lipinski definition) is 2. The summed E-state index contributed by atoms with van der Waals surface area (Å²) in [6, 6.07) is 10.6. The molecule has 2 atom stereocenters. The number of ether oxygens (including phenoxy) is 1. The third kappa shape index (κ3) is 5.72. The van der Waals surface area contributed by atoms with Gasteiger partial charge in [0, 0.05) is 22.3 Å². The van der Waals surface area contributed by atoms with Gasteiger partial charge in [-0.05, 0) is 29.7 Å². The number of benzene rings is 2. The largest absolute Gasteiger partial charge is 1.00 e. The van der Waals surface area contributed by atoms with Gasteiger partial charge in [-0.25, -0.2) is 4.79 Å². The molecule has 1 fully saturated rings. The zero-order valence-electron chi connectivity index (χ0n) is 17.5. The Morgan fingerprint density at radius 3 is 2.59 bits per heavy atom. The molecule has 0 aliphatic carbocycles. The number of nitrogens with zero attached hydrogens (tertiary/aromatic N) is 1. The molecule has 1 aromatic heterocycles. The molecule has 2 heterocycles. The van der Waals surface area contributed by atoms with Gasteiger partial charge >= 0.3 is 41.8 Å². The van der Waals surface area contributed by atoms with E-state index in [0.29, 0.717) is 5.39 Å². The van der Waals surface area contributed by atoms with E-state index in [4.69, 9.17) is 9.63 Å². The van der Waals surface area contributed by atoms with Crippen LogP contribution in [0.15, 0.2) is 53.3 Å². The fourth-order valence-corrected chi connectivity index (χ4v) is 3.88. The minimum absolute atomic E-state index is 0.